The molecule has 1 aromatic carbocycles. The van der Waals surface area contributed by atoms with Gasteiger partial charge in [-0.25, -0.2) is 4.52 Å². The number of nitrogens with zero attached hydrogens (tertiary/aromatic N) is 3. The van der Waals surface area contributed by atoms with Crippen LogP contribution in [0.5, 0.6) is 5.75 Å². The van der Waals surface area contributed by atoms with Gasteiger partial charge in [-0.05, 0) is 38.8 Å². The second-order valence-electron chi connectivity index (χ2n) is 14.8. The second-order valence-corrected chi connectivity index (χ2v) is 15.1. The Labute approximate surface area is 285 Å². The molecule has 0 aliphatic carbocycles. The molecule has 11 heteroatoms. The highest BCUT2D eigenvalue weighted by molar-refractivity contribution is 6.34. The standard InChI is InChI=1S/C36H57ClN6O4/c1-9-10-11-12-13-14-15-16-17-18-23-27(47-26-22-20-19-21-25(26)38-28(45)24-44)32(46)39-36(7,8)35(5,6)33-41-40-31-29(37)30(34(2,3)4)42-43(31)33/h19-22,27,42,44H,9-18,23-24H2,1-8H3,(H,38,45)(H,39,46). The monoisotopic (exact) mass is 672 g/mol. The van der Waals surface area contributed by atoms with Crippen molar-refractivity contribution in [2.75, 3.05) is 11.9 Å². The van der Waals surface area contributed by atoms with Crippen LogP contribution in [0.25, 0.3) is 5.65 Å². The summed E-state index contributed by atoms with van der Waals surface area (Å²) in [5, 5.41) is 28.0. The van der Waals surface area contributed by atoms with Gasteiger partial charge in [-0.3, -0.25) is 14.7 Å². The molecule has 3 aromatic rings. The topological polar surface area (TPSA) is 134 Å². The average Bonchev–Trinajstić information content (AvgIpc) is 3.58. The van der Waals surface area contributed by atoms with Gasteiger partial charge in [0.1, 0.15) is 17.4 Å². The van der Waals surface area contributed by atoms with Crippen molar-refractivity contribution in [3.05, 3.63) is 40.8 Å². The van der Waals surface area contributed by atoms with Gasteiger partial charge in [0.15, 0.2) is 17.6 Å². The number of hydrogen-bond acceptors (Lipinski definition) is 6. The smallest absolute Gasteiger partial charge is 0.261 e. The lowest BCUT2D eigenvalue weighted by molar-refractivity contribution is -0.130. The predicted octanol–water partition coefficient (Wildman–Crippen LogP) is 7.87. The number of aromatic nitrogens is 4. The summed E-state index contributed by atoms with van der Waals surface area (Å²) in [4.78, 5) is 26.1. The Morgan fingerprint density at radius 1 is 0.936 bits per heavy atom. The molecule has 1 unspecified atom stereocenters. The summed E-state index contributed by atoms with van der Waals surface area (Å²) in [6.07, 6.45) is 11.5. The van der Waals surface area contributed by atoms with Crippen molar-refractivity contribution in [2.24, 2.45) is 0 Å². The van der Waals surface area contributed by atoms with Crippen LogP contribution in [0, 0.1) is 0 Å². The Morgan fingerprint density at radius 3 is 2.13 bits per heavy atom. The number of para-hydroxylation sites is 2. The second kappa shape index (κ2) is 16.8. The van der Waals surface area contributed by atoms with Crippen LogP contribution in [-0.4, -0.2) is 55.0 Å². The SMILES string of the molecule is CCCCCCCCCCCCC(Oc1ccccc1NC(=O)CO)C(=O)NC(C)(C)C(C)(C)c1nnc2c(Cl)c(C(C)(C)C)[nH]n12. The molecular formula is C36H57ClN6O4. The number of aliphatic hydroxyl groups is 1. The summed E-state index contributed by atoms with van der Waals surface area (Å²) in [6.45, 7) is 15.8. The van der Waals surface area contributed by atoms with Crippen LogP contribution in [-0.2, 0) is 20.4 Å². The molecule has 2 heterocycles. The fourth-order valence-electron chi connectivity index (χ4n) is 5.61. The molecule has 0 saturated carbocycles. The molecule has 262 valence electrons. The summed E-state index contributed by atoms with van der Waals surface area (Å²) >= 11 is 6.71. The number of H-pyrrole nitrogens is 1. The van der Waals surface area contributed by atoms with E-state index in [4.69, 9.17) is 16.3 Å². The van der Waals surface area contributed by atoms with Crippen LogP contribution in [0.15, 0.2) is 24.3 Å². The third-order valence-electron chi connectivity index (χ3n) is 9.30. The molecular weight excluding hydrogens is 616 g/mol. The first-order chi connectivity index (χ1) is 22.1. The highest BCUT2D eigenvalue weighted by Gasteiger charge is 2.45. The molecule has 0 spiro atoms. The van der Waals surface area contributed by atoms with Crippen molar-refractivity contribution < 1.29 is 19.4 Å². The summed E-state index contributed by atoms with van der Waals surface area (Å²) in [5.41, 5.74) is 0.0904. The van der Waals surface area contributed by atoms with E-state index < -0.39 is 29.6 Å². The first kappa shape index (κ1) is 38.3. The van der Waals surface area contributed by atoms with Gasteiger partial charge in [0.2, 0.25) is 5.91 Å². The molecule has 3 rings (SSSR count). The van der Waals surface area contributed by atoms with Crippen LogP contribution >= 0.6 is 11.6 Å². The van der Waals surface area contributed by atoms with Gasteiger partial charge >= 0.3 is 0 Å². The normalized spacial score (nSPS) is 13.1. The van der Waals surface area contributed by atoms with E-state index in [2.05, 4.69) is 53.6 Å². The number of unbranched alkanes of at least 4 members (excludes halogenated alkanes) is 9. The molecule has 0 bridgehead atoms. The molecule has 4 N–H and O–H groups in total. The van der Waals surface area contributed by atoms with Crippen LogP contribution in [0.3, 0.4) is 0 Å². The minimum atomic E-state index is -0.808. The zero-order chi connectivity index (χ0) is 34.8. The molecule has 0 aliphatic rings. The van der Waals surface area contributed by atoms with Crippen molar-refractivity contribution in [1.29, 1.82) is 0 Å². The Kier molecular flexibility index (Phi) is 13.7. The fourth-order valence-corrected chi connectivity index (χ4v) is 6.06. The van der Waals surface area contributed by atoms with E-state index in [0.717, 1.165) is 25.0 Å². The van der Waals surface area contributed by atoms with Crippen molar-refractivity contribution in [1.82, 2.24) is 25.1 Å². The number of aromatic amines is 1. The summed E-state index contributed by atoms with van der Waals surface area (Å²) < 4.78 is 8.16. The molecule has 47 heavy (non-hydrogen) atoms. The molecule has 2 amide bonds. The number of carbonyl (C=O) groups is 2. The summed E-state index contributed by atoms with van der Waals surface area (Å²) in [5.74, 6) is 0.189. The molecule has 0 radical (unpaired) electrons. The number of nitrogens with one attached hydrogen (secondary N) is 3. The molecule has 2 aromatic heterocycles. The molecule has 0 aliphatic heterocycles. The number of rotatable bonds is 19. The number of benzene rings is 1. The minimum Gasteiger partial charge on any atom is -0.478 e. The average molecular weight is 673 g/mol. The van der Waals surface area contributed by atoms with Crippen LogP contribution < -0.4 is 15.4 Å². The lowest BCUT2D eigenvalue weighted by Crippen LogP contribution is -2.59. The van der Waals surface area contributed by atoms with Crippen molar-refractivity contribution in [3.8, 4) is 5.75 Å². The van der Waals surface area contributed by atoms with Crippen LogP contribution in [0.4, 0.5) is 5.69 Å². The molecule has 1 atom stereocenters. The number of carbonyl (C=O) groups excluding carboxylic acids is 2. The van der Waals surface area contributed by atoms with E-state index in [-0.39, 0.29) is 11.3 Å². The molecule has 0 fully saturated rings. The summed E-state index contributed by atoms with van der Waals surface area (Å²) in [7, 11) is 0. The van der Waals surface area contributed by atoms with Crippen molar-refractivity contribution >= 4 is 34.7 Å². The Balaban J connectivity index is 1.78. The Morgan fingerprint density at radius 2 is 1.53 bits per heavy atom. The van der Waals surface area contributed by atoms with Gasteiger partial charge in [-0.15, -0.1) is 10.2 Å². The number of ether oxygens (including phenoxy) is 1. The quantitative estimate of drug-likeness (QED) is 0.0958. The molecule has 10 nitrogen and oxygen atoms in total. The zero-order valence-corrected chi connectivity index (χ0v) is 30.5. The summed E-state index contributed by atoms with van der Waals surface area (Å²) in [6, 6.07) is 6.96. The first-order valence-electron chi connectivity index (χ1n) is 17.3. The lowest BCUT2D eigenvalue weighted by atomic mass is 9.73. The third-order valence-corrected chi connectivity index (χ3v) is 9.65. The van der Waals surface area contributed by atoms with Gasteiger partial charge in [0.05, 0.1) is 11.4 Å². The Hall–Kier alpha value is -3.11. The maximum absolute atomic E-state index is 14.1. The maximum Gasteiger partial charge on any atom is 0.261 e. The van der Waals surface area contributed by atoms with Crippen LogP contribution in [0.2, 0.25) is 5.02 Å². The van der Waals surface area contributed by atoms with E-state index in [9.17, 15) is 14.7 Å². The Bertz CT molecular complexity index is 1460. The van der Waals surface area contributed by atoms with E-state index in [1.165, 1.54) is 44.9 Å². The van der Waals surface area contributed by atoms with Crippen LogP contribution in [0.1, 0.15) is 138 Å². The number of anilines is 1. The minimum absolute atomic E-state index is 0.227. The zero-order valence-electron chi connectivity index (χ0n) is 29.8. The number of aliphatic hydroxyl groups excluding tert-OH is 1. The van der Waals surface area contributed by atoms with Crippen molar-refractivity contribution in [3.63, 3.8) is 0 Å². The predicted molar refractivity (Wildman–Crippen MR) is 189 cm³/mol. The van der Waals surface area contributed by atoms with E-state index in [1.54, 1.807) is 24.3 Å². The highest BCUT2D eigenvalue weighted by Crippen LogP contribution is 2.37. The van der Waals surface area contributed by atoms with Gasteiger partial charge in [0, 0.05) is 16.4 Å². The number of fused-ring (bicyclic) bond motifs is 1. The molecule has 0 saturated heterocycles. The van der Waals surface area contributed by atoms with E-state index in [0.29, 0.717) is 34.4 Å². The number of amides is 2. The maximum atomic E-state index is 14.1. The number of halogens is 1. The fraction of sp³-hybridized carbons (Fsp3) is 0.667. The highest BCUT2D eigenvalue weighted by atomic mass is 35.5. The van der Waals surface area contributed by atoms with Gasteiger partial charge in [-0.1, -0.05) is 123 Å². The van der Waals surface area contributed by atoms with Crippen molar-refractivity contribution in [2.45, 2.75) is 148 Å². The van der Waals surface area contributed by atoms with E-state index in [1.807, 2.05) is 32.2 Å². The number of hydrogen-bond donors (Lipinski definition) is 4. The lowest BCUT2D eigenvalue weighted by Gasteiger charge is -2.41. The van der Waals surface area contributed by atoms with Gasteiger partial charge < -0.3 is 20.5 Å². The van der Waals surface area contributed by atoms with E-state index >= 15 is 0 Å². The first-order valence-corrected chi connectivity index (χ1v) is 17.6. The van der Waals surface area contributed by atoms with Gasteiger partial charge in [0.25, 0.3) is 5.91 Å². The largest absolute Gasteiger partial charge is 0.478 e. The van der Waals surface area contributed by atoms with Gasteiger partial charge in [-0.2, -0.15) is 0 Å². The third kappa shape index (κ3) is 9.95.